The molecule has 31 heavy (non-hydrogen) atoms. The Bertz CT molecular complexity index is 1060. The highest BCUT2D eigenvalue weighted by molar-refractivity contribution is 9.10. The third kappa shape index (κ3) is 5.05. The van der Waals surface area contributed by atoms with Crippen LogP contribution in [0.2, 0.25) is 0 Å². The molecular weight excluding hydrogens is 484 g/mol. The van der Waals surface area contributed by atoms with E-state index in [-0.39, 0.29) is 12.4 Å². The number of thiocarbonyl (C=S) groups is 1. The minimum Gasteiger partial charge on any atom is -0.493 e. The van der Waals surface area contributed by atoms with Crippen molar-refractivity contribution in [1.82, 2.24) is 10.6 Å². The van der Waals surface area contributed by atoms with Crippen molar-refractivity contribution in [2.24, 2.45) is 0 Å². The van der Waals surface area contributed by atoms with Crippen molar-refractivity contribution in [3.8, 4) is 11.5 Å². The quantitative estimate of drug-likeness (QED) is 0.346. The number of carbonyl (C=O) groups is 2. The van der Waals surface area contributed by atoms with E-state index in [9.17, 15) is 9.59 Å². The smallest absolute Gasteiger partial charge is 0.343 e. The molecule has 0 bridgehead atoms. The second kappa shape index (κ2) is 9.93. The van der Waals surface area contributed by atoms with E-state index in [1.807, 2.05) is 6.07 Å². The summed E-state index contributed by atoms with van der Waals surface area (Å²) in [6.07, 6.45) is 0. The Hall–Kier alpha value is -2.91. The first-order chi connectivity index (χ1) is 14.8. The molecule has 0 amide bonds. The van der Waals surface area contributed by atoms with Crippen molar-refractivity contribution in [1.29, 1.82) is 0 Å². The van der Waals surface area contributed by atoms with Gasteiger partial charge in [-0.1, -0.05) is 34.1 Å². The second-order valence-electron chi connectivity index (χ2n) is 6.57. The predicted molar refractivity (Wildman–Crippen MR) is 123 cm³/mol. The van der Waals surface area contributed by atoms with Gasteiger partial charge in [-0.05, 0) is 55.9 Å². The molecule has 0 fully saturated rings. The minimum atomic E-state index is -0.588. The summed E-state index contributed by atoms with van der Waals surface area (Å²) in [4.78, 5) is 25.1. The Morgan fingerprint density at radius 3 is 2.48 bits per heavy atom. The summed E-state index contributed by atoms with van der Waals surface area (Å²) in [5.74, 6) is -0.405. The molecule has 9 heteroatoms. The van der Waals surface area contributed by atoms with Crippen LogP contribution in [0.1, 0.15) is 35.8 Å². The third-order valence-corrected chi connectivity index (χ3v) is 5.48. The van der Waals surface area contributed by atoms with E-state index >= 15 is 0 Å². The highest BCUT2D eigenvalue weighted by Crippen LogP contribution is 2.40. The number of rotatable bonds is 6. The summed E-state index contributed by atoms with van der Waals surface area (Å²) in [6.45, 7) is 3.74. The van der Waals surface area contributed by atoms with Gasteiger partial charge in [-0.25, -0.2) is 9.59 Å². The monoisotopic (exact) mass is 504 g/mol. The lowest BCUT2D eigenvalue weighted by atomic mass is 9.95. The lowest BCUT2D eigenvalue weighted by Crippen LogP contribution is -2.45. The van der Waals surface area contributed by atoms with Crippen molar-refractivity contribution in [3.05, 3.63) is 69.3 Å². The molecule has 2 aromatic carbocycles. The number of benzene rings is 2. The highest BCUT2D eigenvalue weighted by Gasteiger charge is 2.33. The molecule has 162 valence electrons. The molecule has 1 aliphatic rings. The number of halogens is 1. The number of nitrogens with one attached hydrogen (secondary N) is 2. The molecule has 2 aromatic rings. The van der Waals surface area contributed by atoms with Gasteiger partial charge in [-0.15, -0.1) is 0 Å². The van der Waals surface area contributed by atoms with E-state index < -0.39 is 18.0 Å². The number of esters is 2. The van der Waals surface area contributed by atoms with Crippen molar-refractivity contribution in [3.63, 3.8) is 0 Å². The van der Waals surface area contributed by atoms with Crippen molar-refractivity contribution >= 4 is 45.2 Å². The number of ether oxygens (including phenoxy) is 3. The van der Waals surface area contributed by atoms with Gasteiger partial charge in [0, 0.05) is 10.2 Å². The largest absolute Gasteiger partial charge is 0.493 e. The van der Waals surface area contributed by atoms with Crippen LogP contribution in [0.4, 0.5) is 0 Å². The minimum absolute atomic E-state index is 0.238. The fourth-order valence-corrected chi connectivity index (χ4v) is 3.97. The molecule has 2 N–H and O–H groups in total. The van der Waals surface area contributed by atoms with Gasteiger partial charge in [0.15, 0.2) is 16.6 Å². The maximum absolute atomic E-state index is 12.6. The lowest BCUT2D eigenvalue weighted by molar-refractivity contribution is -0.139. The summed E-state index contributed by atoms with van der Waals surface area (Å²) < 4.78 is 16.8. The lowest BCUT2D eigenvalue weighted by Gasteiger charge is -2.30. The van der Waals surface area contributed by atoms with Crippen LogP contribution >= 0.6 is 28.1 Å². The topological polar surface area (TPSA) is 85.9 Å². The average molecular weight is 505 g/mol. The van der Waals surface area contributed by atoms with E-state index in [4.69, 9.17) is 26.4 Å². The number of allylic oxidation sites excluding steroid dienone is 1. The number of hydrogen-bond acceptors (Lipinski definition) is 6. The van der Waals surface area contributed by atoms with Crippen LogP contribution in [0.3, 0.4) is 0 Å². The van der Waals surface area contributed by atoms with Crippen molar-refractivity contribution in [2.45, 2.75) is 19.9 Å². The molecule has 1 heterocycles. The molecule has 7 nitrogen and oxygen atoms in total. The molecule has 0 radical (unpaired) electrons. The zero-order chi connectivity index (χ0) is 22.5. The summed E-state index contributed by atoms with van der Waals surface area (Å²) in [6, 6.07) is 11.4. The van der Waals surface area contributed by atoms with Gasteiger partial charge in [0.2, 0.25) is 0 Å². The first-order valence-corrected chi connectivity index (χ1v) is 10.7. The molecule has 1 atom stereocenters. The third-order valence-electron chi connectivity index (χ3n) is 4.57. The molecule has 0 saturated heterocycles. The first kappa shape index (κ1) is 22.8. The molecule has 0 unspecified atom stereocenters. The maximum Gasteiger partial charge on any atom is 0.343 e. The van der Waals surface area contributed by atoms with E-state index in [1.54, 1.807) is 50.2 Å². The van der Waals surface area contributed by atoms with Crippen LogP contribution in [0.25, 0.3) is 0 Å². The molecule has 0 aromatic heterocycles. The van der Waals surface area contributed by atoms with Gasteiger partial charge in [0.25, 0.3) is 0 Å². The Labute approximate surface area is 193 Å². The fourth-order valence-electron chi connectivity index (χ4n) is 3.15. The standard InChI is InChI=1S/C22H21BrN2O5S/c1-4-29-21(27)18-12(2)24-22(31)25-19(18)14-10-16(28-3)17(11-15(14)23)30-20(26)13-8-6-5-7-9-13/h5-11,19H,4H2,1-3H3,(H2,24,25,31)/t19-/m1/s1. The van der Waals surface area contributed by atoms with Crippen LogP contribution in [-0.4, -0.2) is 30.8 Å². The van der Waals surface area contributed by atoms with Gasteiger partial charge >= 0.3 is 11.9 Å². The fraction of sp³-hybridized carbons (Fsp3) is 0.227. The Morgan fingerprint density at radius 2 is 1.84 bits per heavy atom. The first-order valence-electron chi connectivity index (χ1n) is 9.45. The van der Waals surface area contributed by atoms with E-state index in [1.165, 1.54) is 7.11 Å². The van der Waals surface area contributed by atoms with Gasteiger partial charge in [0.05, 0.1) is 30.9 Å². The van der Waals surface area contributed by atoms with Gasteiger partial charge in [0.1, 0.15) is 0 Å². The highest BCUT2D eigenvalue weighted by atomic mass is 79.9. The van der Waals surface area contributed by atoms with E-state index in [0.717, 1.165) is 0 Å². The van der Waals surface area contributed by atoms with E-state index in [0.29, 0.717) is 37.7 Å². The van der Waals surface area contributed by atoms with Crippen molar-refractivity contribution in [2.75, 3.05) is 13.7 Å². The van der Waals surface area contributed by atoms with Crippen LogP contribution < -0.4 is 20.1 Å². The SMILES string of the molecule is CCOC(=O)C1=C(C)NC(=S)N[C@@H]1c1cc(OC)c(OC(=O)c2ccccc2)cc1Br. The molecule has 0 saturated carbocycles. The summed E-state index contributed by atoms with van der Waals surface area (Å²) in [5, 5.41) is 6.43. The molecular formula is C22H21BrN2O5S. The van der Waals surface area contributed by atoms with Gasteiger partial charge in [-0.2, -0.15) is 0 Å². The number of carbonyl (C=O) groups excluding carboxylic acids is 2. The average Bonchev–Trinajstić information content (AvgIpc) is 2.74. The summed E-state index contributed by atoms with van der Waals surface area (Å²) >= 11 is 8.80. The van der Waals surface area contributed by atoms with Crippen molar-refractivity contribution < 1.29 is 23.8 Å². The Kier molecular flexibility index (Phi) is 7.29. The van der Waals surface area contributed by atoms with Crippen LogP contribution in [0, 0.1) is 0 Å². The molecule has 0 spiro atoms. The van der Waals surface area contributed by atoms with Crippen LogP contribution in [-0.2, 0) is 9.53 Å². The van der Waals surface area contributed by atoms with Gasteiger partial charge in [-0.3, -0.25) is 0 Å². The second-order valence-corrected chi connectivity index (χ2v) is 7.83. The van der Waals surface area contributed by atoms with Crippen LogP contribution in [0.5, 0.6) is 11.5 Å². The number of hydrogen-bond donors (Lipinski definition) is 2. The maximum atomic E-state index is 12.6. The van der Waals surface area contributed by atoms with E-state index in [2.05, 4.69) is 26.6 Å². The molecule has 1 aliphatic heterocycles. The zero-order valence-electron chi connectivity index (χ0n) is 17.2. The molecule has 0 aliphatic carbocycles. The number of methoxy groups -OCH3 is 1. The Morgan fingerprint density at radius 1 is 1.13 bits per heavy atom. The normalized spacial score (nSPS) is 15.6. The zero-order valence-corrected chi connectivity index (χ0v) is 19.6. The predicted octanol–water partition coefficient (Wildman–Crippen LogP) is 4.03. The van der Waals surface area contributed by atoms with Crippen LogP contribution in [0.15, 0.2) is 58.2 Å². The summed E-state index contributed by atoms with van der Waals surface area (Å²) in [5.41, 5.74) is 2.07. The Balaban J connectivity index is 2.00. The molecule has 3 rings (SSSR count). The van der Waals surface area contributed by atoms with Gasteiger partial charge < -0.3 is 24.8 Å². The summed E-state index contributed by atoms with van der Waals surface area (Å²) in [7, 11) is 1.47.